The van der Waals surface area contributed by atoms with E-state index in [-0.39, 0.29) is 12.5 Å². The zero-order valence-electron chi connectivity index (χ0n) is 12.9. The molecular weight excluding hydrogens is 292 g/mol. The van der Waals surface area contributed by atoms with E-state index < -0.39 is 11.7 Å². The number of aliphatic hydroxyl groups is 1. The monoisotopic (exact) mass is 314 g/mol. The Labute approximate surface area is 130 Å². The Kier molecular flexibility index (Phi) is 6.45. The zero-order chi connectivity index (χ0) is 16.0. The molecule has 0 saturated heterocycles. The molecule has 5 nitrogen and oxygen atoms in total. The first-order valence-corrected chi connectivity index (χ1v) is 7.15. The van der Waals surface area contributed by atoms with Crippen molar-refractivity contribution in [1.82, 2.24) is 10.2 Å². The molecule has 0 aliphatic carbocycles. The smallest absolute Gasteiger partial charge is 0.260 e. The number of hydrogen-bond donors (Lipinski definition) is 2. The fraction of sp³-hybridized carbons (Fsp3) is 0.533. The van der Waals surface area contributed by atoms with Gasteiger partial charge in [0.2, 0.25) is 0 Å². The van der Waals surface area contributed by atoms with Crippen LogP contribution in [0.3, 0.4) is 0 Å². The number of likely N-dealkylation sites (N-methyl/N-ethyl adjacent to an activating group) is 1. The first kappa shape index (κ1) is 17.8. The summed E-state index contributed by atoms with van der Waals surface area (Å²) in [7, 11) is 3.72. The molecule has 6 heteroatoms. The number of nitrogens with one attached hydrogen (secondary N) is 1. The summed E-state index contributed by atoms with van der Waals surface area (Å²) in [6, 6.07) is 6.98. The van der Waals surface area contributed by atoms with Gasteiger partial charge in [0.1, 0.15) is 5.75 Å². The molecule has 2 unspecified atom stereocenters. The molecule has 118 valence electrons. The summed E-state index contributed by atoms with van der Waals surface area (Å²) >= 11 is 5.98. The van der Waals surface area contributed by atoms with Crippen LogP contribution in [0, 0.1) is 0 Å². The van der Waals surface area contributed by atoms with Crippen molar-refractivity contribution in [2.75, 3.05) is 27.2 Å². The summed E-state index contributed by atoms with van der Waals surface area (Å²) in [6.07, 6.45) is -0.694. The van der Waals surface area contributed by atoms with Crippen LogP contribution >= 0.6 is 11.6 Å². The van der Waals surface area contributed by atoms with Gasteiger partial charge in [-0.1, -0.05) is 23.7 Å². The Morgan fingerprint density at radius 2 is 2.10 bits per heavy atom. The van der Waals surface area contributed by atoms with Gasteiger partial charge in [0.05, 0.1) is 10.6 Å². The van der Waals surface area contributed by atoms with Gasteiger partial charge < -0.3 is 20.1 Å². The summed E-state index contributed by atoms with van der Waals surface area (Å²) in [5.41, 5.74) is -0.997. The fourth-order valence-electron chi connectivity index (χ4n) is 1.94. The van der Waals surface area contributed by atoms with Gasteiger partial charge >= 0.3 is 0 Å². The highest BCUT2D eigenvalue weighted by atomic mass is 35.5. The summed E-state index contributed by atoms with van der Waals surface area (Å²) in [6.45, 7) is 3.92. The van der Waals surface area contributed by atoms with Crippen molar-refractivity contribution in [3.63, 3.8) is 0 Å². The number of carbonyl (C=O) groups is 1. The number of nitrogens with zero attached hydrogens (tertiary/aromatic N) is 1. The lowest BCUT2D eigenvalue weighted by molar-refractivity contribution is -0.128. The molecule has 0 saturated carbocycles. The van der Waals surface area contributed by atoms with Crippen molar-refractivity contribution in [3.05, 3.63) is 29.3 Å². The maximum Gasteiger partial charge on any atom is 0.260 e. The van der Waals surface area contributed by atoms with Crippen LogP contribution in [-0.4, -0.2) is 54.8 Å². The number of ether oxygens (including phenoxy) is 1. The van der Waals surface area contributed by atoms with Gasteiger partial charge in [-0.25, -0.2) is 0 Å². The van der Waals surface area contributed by atoms with Crippen LogP contribution in [0.1, 0.15) is 13.8 Å². The molecule has 2 atom stereocenters. The highest BCUT2D eigenvalue weighted by Gasteiger charge is 2.24. The van der Waals surface area contributed by atoms with E-state index in [0.29, 0.717) is 17.3 Å². The van der Waals surface area contributed by atoms with E-state index >= 15 is 0 Å². The summed E-state index contributed by atoms with van der Waals surface area (Å²) < 4.78 is 5.52. The van der Waals surface area contributed by atoms with Gasteiger partial charge in [0.15, 0.2) is 6.10 Å². The molecule has 0 aliphatic heterocycles. The molecule has 0 spiro atoms. The molecule has 0 aromatic heterocycles. The van der Waals surface area contributed by atoms with Crippen molar-refractivity contribution in [2.45, 2.75) is 25.6 Å². The molecule has 0 aliphatic rings. The topological polar surface area (TPSA) is 61.8 Å². The van der Waals surface area contributed by atoms with E-state index in [1.807, 2.05) is 19.0 Å². The molecule has 1 rings (SSSR count). The molecule has 1 amide bonds. The predicted octanol–water partition coefficient (Wildman–Crippen LogP) is 1.54. The number of benzene rings is 1. The highest BCUT2D eigenvalue weighted by Crippen LogP contribution is 2.24. The minimum atomic E-state index is -0.997. The third kappa shape index (κ3) is 6.33. The molecule has 0 radical (unpaired) electrons. The van der Waals surface area contributed by atoms with E-state index in [9.17, 15) is 9.90 Å². The minimum Gasteiger partial charge on any atom is -0.479 e. The van der Waals surface area contributed by atoms with Gasteiger partial charge in [-0.15, -0.1) is 0 Å². The van der Waals surface area contributed by atoms with Gasteiger partial charge in [-0.2, -0.15) is 0 Å². The summed E-state index contributed by atoms with van der Waals surface area (Å²) in [4.78, 5) is 13.8. The Bertz CT molecular complexity index is 478. The maximum atomic E-state index is 12.0. The van der Waals surface area contributed by atoms with E-state index in [0.717, 1.165) is 0 Å². The van der Waals surface area contributed by atoms with Crippen molar-refractivity contribution in [2.24, 2.45) is 0 Å². The van der Waals surface area contributed by atoms with Crippen LogP contribution in [0.4, 0.5) is 0 Å². The van der Waals surface area contributed by atoms with Gasteiger partial charge in [-0.05, 0) is 40.1 Å². The van der Waals surface area contributed by atoms with Gasteiger partial charge in [0.25, 0.3) is 5.91 Å². The van der Waals surface area contributed by atoms with Crippen LogP contribution in [0.15, 0.2) is 24.3 Å². The Morgan fingerprint density at radius 1 is 1.48 bits per heavy atom. The van der Waals surface area contributed by atoms with Crippen LogP contribution in [0.25, 0.3) is 0 Å². The number of carbonyl (C=O) groups excluding carboxylic acids is 1. The Hall–Kier alpha value is -1.30. The SMILES string of the molecule is CC(Oc1ccccc1Cl)C(=O)NCC(C)(O)CN(C)C. The molecule has 2 N–H and O–H groups in total. The van der Waals surface area contributed by atoms with E-state index in [1.54, 1.807) is 38.1 Å². The third-order valence-corrected chi connectivity index (χ3v) is 3.12. The minimum absolute atomic E-state index is 0.153. The van der Waals surface area contributed by atoms with Gasteiger partial charge in [0, 0.05) is 13.1 Å². The molecular formula is C15H23ClN2O3. The molecule has 0 fully saturated rings. The molecule has 0 heterocycles. The molecule has 0 bridgehead atoms. The number of halogens is 1. The molecule has 21 heavy (non-hydrogen) atoms. The quantitative estimate of drug-likeness (QED) is 0.801. The standard InChI is InChI=1S/C15H23ClN2O3/c1-11(21-13-8-6-5-7-12(13)16)14(19)17-9-15(2,20)10-18(3)4/h5-8,11,20H,9-10H2,1-4H3,(H,17,19). The third-order valence-electron chi connectivity index (χ3n) is 2.81. The maximum absolute atomic E-state index is 12.0. The fourth-order valence-corrected chi connectivity index (χ4v) is 2.12. The second kappa shape index (κ2) is 7.64. The number of amides is 1. The van der Waals surface area contributed by atoms with Gasteiger partial charge in [-0.3, -0.25) is 4.79 Å². The number of rotatable bonds is 7. The van der Waals surface area contributed by atoms with Crippen LogP contribution in [0.2, 0.25) is 5.02 Å². The molecule has 1 aromatic rings. The molecule has 1 aromatic carbocycles. The largest absolute Gasteiger partial charge is 0.479 e. The lowest BCUT2D eigenvalue weighted by Gasteiger charge is -2.27. The zero-order valence-corrected chi connectivity index (χ0v) is 13.6. The second-order valence-electron chi connectivity index (χ2n) is 5.64. The first-order chi connectivity index (χ1) is 9.71. The average molecular weight is 315 g/mol. The van der Waals surface area contributed by atoms with Crippen molar-refractivity contribution in [1.29, 1.82) is 0 Å². The normalized spacial score (nSPS) is 15.4. The summed E-state index contributed by atoms with van der Waals surface area (Å²) in [5.74, 6) is 0.163. The van der Waals surface area contributed by atoms with E-state index in [2.05, 4.69) is 5.32 Å². The number of hydrogen-bond acceptors (Lipinski definition) is 4. The summed E-state index contributed by atoms with van der Waals surface area (Å²) in [5, 5.41) is 13.3. The predicted molar refractivity (Wildman–Crippen MR) is 83.7 cm³/mol. The average Bonchev–Trinajstić information content (AvgIpc) is 2.37. The van der Waals surface area contributed by atoms with Crippen LogP contribution in [0.5, 0.6) is 5.75 Å². The van der Waals surface area contributed by atoms with Crippen molar-refractivity contribution < 1.29 is 14.6 Å². The van der Waals surface area contributed by atoms with Crippen molar-refractivity contribution in [3.8, 4) is 5.75 Å². The highest BCUT2D eigenvalue weighted by molar-refractivity contribution is 6.32. The number of para-hydroxylation sites is 1. The Morgan fingerprint density at radius 3 is 2.67 bits per heavy atom. The van der Waals surface area contributed by atoms with E-state index in [1.165, 1.54) is 0 Å². The lowest BCUT2D eigenvalue weighted by Crippen LogP contribution is -2.49. The van der Waals surface area contributed by atoms with Crippen LogP contribution < -0.4 is 10.1 Å². The van der Waals surface area contributed by atoms with E-state index in [4.69, 9.17) is 16.3 Å². The van der Waals surface area contributed by atoms with Crippen molar-refractivity contribution >= 4 is 17.5 Å². The second-order valence-corrected chi connectivity index (χ2v) is 6.05. The Balaban J connectivity index is 2.50. The lowest BCUT2D eigenvalue weighted by atomic mass is 10.1. The van der Waals surface area contributed by atoms with Crippen LogP contribution in [-0.2, 0) is 4.79 Å². The first-order valence-electron chi connectivity index (χ1n) is 6.77.